The summed E-state index contributed by atoms with van der Waals surface area (Å²) in [5, 5.41) is 19.3. The van der Waals surface area contributed by atoms with E-state index >= 15 is 0 Å². The maximum absolute atomic E-state index is 11.9. The van der Waals surface area contributed by atoms with Crippen LogP contribution < -0.4 is 9.47 Å². The van der Waals surface area contributed by atoms with E-state index in [2.05, 4.69) is 0 Å². The van der Waals surface area contributed by atoms with E-state index in [0.717, 1.165) is 36.8 Å². The summed E-state index contributed by atoms with van der Waals surface area (Å²) < 4.78 is 20.7. The quantitative estimate of drug-likeness (QED) is 0.0492. The van der Waals surface area contributed by atoms with Gasteiger partial charge in [-0.3, -0.25) is 0 Å². The predicted molar refractivity (Wildman–Crippen MR) is 202 cm³/mol. The molecule has 0 fully saturated rings. The Kier molecular flexibility index (Phi) is 23.5. The van der Waals surface area contributed by atoms with Gasteiger partial charge in [0.1, 0.15) is 0 Å². The lowest BCUT2D eigenvalue weighted by Crippen LogP contribution is -2.02. The maximum Gasteiger partial charge on any atom is 0.330 e. The van der Waals surface area contributed by atoms with Gasteiger partial charge in [0.25, 0.3) is 0 Å². The van der Waals surface area contributed by atoms with E-state index < -0.39 is 0 Å². The predicted octanol–water partition coefficient (Wildman–Crippen LogP) is 10.7. The molecule has 0 spiro atoms. The summed E-state index contributed by atoms with van der Waals surface area (Å²) in [4.78, 5) is 23.8. The van der Waals surface area contributed by atoms with Crippen LogP contribution in [-0.4, -0.2) is 49.6 Å². The number of methoxy groups -OCH3 is 2. The number of esters is 2. The van der Waals surface area contributed by atoms with Gasteiger partial charge in [0, 0.05) is 12.2 Å². The third-order valence-corrected chi connectivity index (χ3v) is 8.76. The van der Waals surface area contributed by atoms with Gasteiger partial charge >= 0.3 is 11.9 Å². The van der Waals surface area contributed by atoms with Gasteiger partial charge in [-0.2, -0.15) is 0 Å². The van der Waals surface area contributed by atoms with E-state index in [9.17, 15) is 19.8 Å². The number of carbonyl (C=O) groups is 2. The summed E-state index contributed by atoms with van der Waals surface area (Å²) in [7, 11) is 2.98. The van der Waals surface area contributed by atoms with Crippen molar-refractivity contribution in [2.45, 2.75) is 128 Å². The number of rotatable bonds is 29. The lowest BCUT2D eigenvalue weighted by atomic mass is 10.0. The van der Waals surface area contributed by atoms with E-state index in [1.165, 1.54) is 141 Å². The minimum Gasteiger partial charge on any atom is -0.504 e. The zero-order valence-corrected chi connectivity index (χ0v) is 30.7. The Hall–Kier alpha value is -3.94. The molecular weight excluding hydrogens is 632 g/mol. The highest BCUT2D eigenvalue weighted by atomic mass is 16.5. The van der Waals surface area contributed by atoms with Crippen molar-refractivity contribution in [1.82, 2.24) is 0 Å². The summed E-state index contributed by atoms with van der Waals surface area (Å²) >= 11 is 0. The highest BCUT2D eigenvalue weighted by molar-refractivity contribution is 5.87. The summed E-state index contributed by atoms with van der Waals surface area (Å²) in [5.74, 6) is 0.178. The molecule has 8 heteroatoms. The van der Waals surface area contributed by atoms with Crippen LogP contribution in [0.2, 0.25) is 0 Å². The minimum atomic E-state index is -0.351. The number of ether oxygens (including phenoxy) is 4. The van der Waals surface area contributed by atoms with Crippen LogP contribution in [0.15, 0.2) is 48.6 Å². The van der Waals surface area contributed by atoms with Crippen molar-refractivity contribution < 1.29 is 38.7 Å². The van der Waals surface area contributed by atoms with Crippen molar-refractivity contribution in [2.75, 3.05) is 27.4 Å². The molecule has 0 aliphatic heterocycles. The van der Waals surface area contributed by atoms with Gasteiger partial charge in [-0.15, -0.1) is 0 Å². The fourth-order valence-electron chi connectivity index (χ4n) is 5.75. The molecule has 2 N–H and O–H groups in total. The van der Waals surface area contributed by atoms with Crippen molar-refractivity contribution in [3.05, 3.63) is 59.7 Å². The maximum atomic E-state index is 11.9. The third-order valence-electron chi connectivity index (χ3n) is 8.76. The highest BCUT2D eigenvalue weighted by Crippen LogP contribution is 2.27. The molecule has 0 aromatic heterocycles. The number of hydrogen-bond acceptors (Lipinski definition) is 8. The second-order valence-corrected chi connectivity index (χ2v) is 12.9. The van der Waals surface area contributed by atoms with Crippen LogP contribution >= 0.6 is 0 Å². The topological polar surface area (TPSA) is 112 Å². The van der Waals surface area contributed by atoms with Gasteiger partial charge in [-0.05, 0) is 60.4 Å². The number of benzene rings is 2. The molecule has 0 atom stereocenters. The van der Waals surface area contributed by atoms with Crippen molar-refractivity contribution in [3.63, 3.8) is 0 Å². The summed E-state index contributed by atoms with van der Waals surface area (Å²) in [6.07, 6.45) is 31.1. The Morgan fingerprint density at radius 1 is 0.480 bits per heavy atom. The second kappa shape index (κ2) is 27.8. The third kappa shape index (κ3) is 20.5. The number of carbonyl (C=O) groups excluding carboxylic acids is 2. The average molecular weight is 695 g/mol. The van der Waals surface area contributed by atoms with Crippen molar-refractivity contribution in [3.8, 4) is 23.0 Å². The van der Waals surface area contributed by atoms with Crippen LogP contribution in [-0.2, 0) is 19.1 Å². The molecule has 0 saturated heterocycles. The number of aromatic hydroxyl groups is 2. The van der Waals surface area contributed by atoms with Gasteiger partial charge in [0.15, 0.2) is 23.0 Å². The number of phenolic OH excluding ortho intramolecular Hbond substituents is 2. The molecule has 2 rings (SSSR count). The Labute approximate surface area is 300 Å². The van der Waals surface area contributed by atoms with E-state index in [-0.39, 0.29) is 23.4 Å². The summed E-state index contributed by atoms with van der Waals surface area (Å²) in [6, 6.07) is 9.84. The van der Waals surface area contributed by atoms with Gasteiger partial charge in [-0.25, -0.2) is 9.59 Å². The SMILES string of the molecule is COc1cc(C=CC(=O)OCCCCCCCCCCCCCCCCCCCCCCOC(=O)C=Cc2ccc(O)c(OC)c2)ccc1O. The summed E-state index contributed by atoms with van der Waals surface area (Å²) in [5.41, 5.74) is 1.53. The van der Waals surface area contributed by atoms with Crippen LogP contribution in [0.5, 0.6) is 23.0 Å². The van der Waals surface area contributed by atoms with Crippen LogP contribution in [0.3, 0.4) is 0 Å². The van der Waals surface area contributed by atoms with Gasteiger partial charge in [0.2, 0.25) is 0 Å². The lowest BCUT2D eigenvalue weighted by Gasteiger charge is -2.05. The molecule has 0 aliphatic rings. The minimum absolute atomic E-state index is 0.0684. The molecule has 0 bridgehead atoms. The molecule has 0 heterocycles. The smallest absolute Gasteiger partial charge is 0.330 e. The standard InChI is InChI=1S/C42H62O8/c1-47-39-33-35(23-27-37(39)43)25-29-41(45)49-31-21-19-17-15-13-11-9-7-5-3-4-6-8-10-12-14-16-18-20-22-32-50-42(46)30-26-36-24-28-38(44)40(34-36)48-2/h23-30,33-34,43-44H,3-22,31-32H2,1-2H3. The molecule has 0 radical (unpaired) electrons. The van der Waals surface area contributed by atoms with Crippen molar-refractivity contribution >= 4 is 24.1 Å². The zero-order valence-electron chi connectivity index (χ0n) is 30.7. The van der Waals surface area contributed by atoms with Crippen LogP contribution in [0.4, 0.5) is 0 Å². The Balaban J connectivity index is 1.26. The second-order valence-electron chi connectivity index (χ2n) is 12.9. The van der Waals surface area contributed by atoms with Crippen LogP contribution in [0.25, 0.3) is 12.2 Å². The molecule has 278 valence electrons. The first-order chi connectivity index (χ1) is 24.4. The largest absolute Gasteiger partial charge is 0.504 e. The summed E-state index contributed by atoms with van der Waals surface area (Å²) in [6.45, 7) is 0.900. The molecular formula is C42H62O8. The molecule has 2 aromatic carbocycles. The molecule has 0 aliphatic carbocycles. The molecule has 8 nitrogen and oxygen atoms in total. The van der Waals surface area contributed by atoms with Crippen molar-refractivity contribution in [2.24, 2.45) is 0 Å². The Morgan fingerprint density at radius 2 is 0.760 bits per heavy atom. The monoisotopic (exact) mass is 694 g/mol. The van der Waals surface area contributed by atoms with E-state index in [0.29, 0.717) is 24.7 Å². The van der Waals surface area contributed by atoms with Gasteiger partial charge < -0.3 is 29.2 Å². The van der Waals surface area contributed by atoms with Crippen LogP contribution in [0.1, 0.15) is 140 Å². The van der Waals surface area contributed by atoms with E-state index in [1.807, 2.05) is 0 Å². The number of phenols is 2. The molecule has 0 amide bonds. The van der Waals surface area contributed by atoms with Gasteiger partial charge in [0.05, 0.1) is 27.4 Å². The number of hydrogen-bond donors (Lipinski definition) is 2. The normalized spacial score (nSPS) is 11.3. The molecule has 2 aromatic rings. The Morgan fingerprint density at radius 3 is 1.04 bits per heavy atom. The first-order valence-corrected chi connectivity index (χ1v) is 18.9. The highest BCUT2D eigenvalue weighted by Gasteiger charge is 2.04. The Bertz CT molecular complexity index is 1170. The lowest BCUT2D eigenvalue weighted by molar-refractivity contribution is -0.138. The van der Waals surface area contributed by atoms with Crippen LogP contribution in [0, 0.1) is 0 Å². The first-order valence-electron chi connectivity index (χ1n) is 18.9. The fraction of sp³-hybridized carbons (Fsp3) is 0.571. The molecule has 50 heavy (non-hydrogen) atoms. The zero-order chi connectivity index (χ0) is 36.1. The van der Waals surface area contributed by atoms with Crippen molar-refractivity contribution in [1.29, 1.82) is 0 Å². The van der Waals surface area contributed by atoms with Gasteiger partial charge in [-0.1, -0.05) is 128 Å². The molecule has 0 saturated carbocycles. The van der Waals surface area contributed by atoms with E-state index in [4.69, 9.17) is 18.9 Å². The average Bonchev–Trinajstić information content (AvgIpc) is 3.12. The first kappa shape index (κ1) is 42.2. The molecule has 0 unspecified atom stereocenters. The number of unbranched alkanes of at least 4 members (excludes halogenated alkanes) is 19. The fourth-order valence-corrected chi connectivity index (χ4v) is 5.75. The van der Waals surface area contributed by atoms with E-state index in [1.54, 1.807) is 36.4 Å².